The fraction of sp³-hybridized carbons (Fsp3) is 0.462. The van der Waals surface area contributed by atoms with E-state index >= 15 is 0 Å². The molecule has 0 aliphatic carbocycles. The van der Waals surface area contributed by atoms with Gasteiger partial charge in [-0.05, 0) is 12.5 Å². The van der Waals surface area contributed by atoms with Crippen molar-refractivity contribution in [3.05, 3.63) is 35.9 Å². The summed E-state index contributed by atoms with van der Waals surface area (Å²) < 4.78 is 0. The molecule has 1 aromatic carbocycles. The molecule has 1 unspecified atom stereocenters. The van der Waals surface area contributed by atoms with E-state index in [0.29, 0.717) is 5.88 Å². The fourth-order valence-corrected chi connectivity index (χ4v) is 1.63. The van der Waals surface area contributed by atoms with Crippen LogP contribution in [0.4, 0.5) is 0 Å². The molecule has 0 saturated carbocycles. The second-order valence-corrected chi connectivity index (χ2v) is 4.74. The molecule has 0 aliphatic heterocycles. The Labute approximate surface area is 102 Å². The van der Waals surface area contributed by atoms with Gasteiger partial charge < -0.3 is 5.32 Å². The van der Waals surface area contributed by atoms with E-state index in [4.69, 9.17) is 11.6 Å². The summed E-state index contributed by atoms with van der Waals surface area (Å²) in [7, 11) is 0. The summed E-state index contributed by atoms with van der Waals surface area (Å²) in [5.41, 5.74) is 0.531. The molecular weight excluding hydrogens is 222 g/mol. The van der Waals surface area contributed by atoms with Gasteiger partial charge in [0.2, 0.25) is 5.91 Å². The molecule has 0 aliphatic rings. The smallest absolute Gasteiger partial charge is 0.223 e. The Balaban J connectivity index is 2.90. The number of nitrogens with one attached hydrogen (secondary N) is 1. The molecule has 3 heteroatoms. The number of halogens is 1. The van der Waals surface area contributed by atoms with E-state index in [2.05, 4.69) is 5.32 Å². The zero-order chi connectivity index (χ0) is 12.2. The van der Waals surface area contributed by atoms with E-state index < -0.39 is 5.54 Å². The standard InChI is InChI=1S/C13H18ClNO/c1-10(2)12(16)15-13(3,9-14)11-7-5-4-6-8-11/h4-8,10H,9H2,1-3H3,(H,15,16). The maximum Gasteiger partial charge on any atom is 0.223 e. The van der Waals surface area contributed by atoms with E-state index in [0.717, 1.165) is 5.56 Å². The first kappa shape index (κ1) is 13.0. The molecule has 1 atom stereocenters. The Morgan fingerprint density at radius 3 is 2.38 bits per heavy atom. The van der Waals surface area contributed by atoms with Gasteiger partial charge in [0.05, 0.1) is 5.54 Å². The van der Waals surface area contributed by atoms with Crippen LogP contribution in [0.2, 0.25) is 0 Å². The molecule has 0 fully saturated rings. The molecule has 2 nitrogen and oxygen atoms in total. The summed E-state index contributed by atoms with van der Waals surface area (Å²) >= 11 is 5.98. The van der Waals surface area contributed by atoms with Crippen LogP contribution in [0.25, 0.3) is 0 Å². The minimum Gasteiger partial charge on any atom is -0.345 e. The number of carbonyl (C=O) groups is 1. The third-order valence-electron chi connectivity index (χ3n) is 2.60. The number of rotatable bonds is 4. The lowest BCUT2D eigenvalue weighted by atomic mass is 9.93. The third-order valence-corrected chi connectivity index (χ3v) is 3.14. The normalized spacial score (nSPS) is 14.6. The SMILES string of the molecule is CC(C)C(=O)NC(C)(CCl)c1ccccc1. The van der Waals surface area contributed by atoms with E-state index in [1.165, 1.54) is 0 Å². The molecule has 1 rings (SSSR count). The van der Waals surface area contributed by atoms with Gasteiger partial charge in [0.15, 0.2) is 0 Å². The highest BCUT2D eigenvalue weighted by Crippen LogP contribution is 2.22. The van der Waals surface area contributed by atoms with Crippen molar-refractivity contribution in [3.8, 4) is 0 Å². The molecule has 16 heavy (non-hydrogen) atoms. The van der Waals surface area contributed by atoms with Crippen LogP contribution in [0.3, 0.4) is 0 Å². The Morgan fingerprint density at radius 1 is 1.38 bits per heavy atom. The van der Waals surface area contributed by atoms with Gasteiger partial charge in [-0.15, -0.1) is 11.6 Å². The minimum atomic E-state index is -0.496. The number of benzene rings is 1. The van der Waals surface area contributed by atoms with E-state index in [1.54, 1.807) is 0 Å². The summed E-state index contributed by atoms with van der Waals surface area (Å²) in [5, 5.41) is 2.99. The van der Waals surface area contributed by atoms with E-state index in [9.17, 15) is 4.79 Å². The Morgan fingerprint density at radius 2 is 1.94 bits per heavy atom. The van der Waals surface area contributed by atoms with Crippen molar-refractivity contribution in [3.63, 3.8) is 0 Å². The van der Waals surface area contributed by atoms with Gasteiger partial charge in [0.1, 0.15) is 0 Å². The molecule has 0 bridgehead atoms. The van der Waals surface area contributed by atoms with E-state index in [1.807, 2.05) is 51.1 Å². The first-order valence-electron chi connectivity index (χ1n) is 5.43. The molecule has 1 amide bonds. The second-order valence-electron chi connectivity index (χ2n) is 4.48. The number of carbonyl (C=O) groups excluding carboxylic acids is 1. The maximum absolute atomic E-state index is 11.7. The first-order valence-corrected chi connectivity index (χ1v) is 5.96. The van der Waals surface area contributed by atoms with Crippen LogP contribution in [0, 0.1) is 5.92 Å². The Hall–Kier alpha value is -1.02. The summed E-state index contributed by atoms with van der Waals surface area (Å²) in [6.07, 6.45) is 0. The number of amides is 1. The number of alkyl halides is 1. The van der Waals surface area contributed by atoms with Gasteiger partial charge >= 0.3 is 0 Å². The van der Waals surface area contributed by atoms with Crippen molar-refractivity contribution in [1.82, 2.24) is 5.32 Å². The highest BCUT2D eigenvalue weighted by molar-refractivity contribution is 6.18. The Bertz CT molecular complexity index is 350. The molecule has 88 valence electrons. The average molecular weight is 240 g/mol. The Kier molecular flexibility index (Phi) is 4.36. The predicted molar refractivity (Wildman–Crippen MR) is 67.5 cm³/mol. The van der Waals surface area contributed by atoms with Crippen molar-refractivity contribution < 1.29 is 4.79 Å². The molecular formula is C13H18ClNO. The predicted octanol–water partition coefficient (Wildman–Crippen LogP) is 2.91. The summed E-state index contributed by atoms with van der Waals surface area (Å²) in [6.45, 7) is 5.68. The van der Waals surface area contributed by atoms with Gasteiger partial charge in [-0.25, -0.2) is 0 Å². The average Bonchev–Trinajstić information content (AvgIpc) is 2.29. The van der Waals surface area contributed by atoms with Gasteiger partial charge in [-0.1, -0.05) is 44.2 Å². The zero-order valence-electron chi connectivity index (χ0n) is 9.96. The lowest BCUT2D eigenvalue weighted by molar-refractivity contribution is -0.125. The molecule has 0 radical (unpaired) electrons. The lowest BCUT2D eigenvalue weighted by Gasteiger charge is -2.30. The lowest BCUT2D eigenvalue weighted by Crippen LogP contribution is -2.46. The third kappa shape index (κ3) is 2.99. The van der Waals surface area contributed by atoms with Gasteiger partial charge in [-0.3, -0.25) is 4.79 Å². The van der Waals surface area contributed by atoms with Crippen LogP contribution in [-0.2, 0) is 10.3 Å². The van der Waals surface area contributed by atoms with Crippen LogP contribution in [0.5, 0.6) is 0 Å². The molecule has 0 heterocycles. The monoisotopic (exact) mass is 239 g/mol. The largest absolute Gasteiger partial charge is 0.345 e. The number of hydrogen-bond donors (Lipinski definition) is 1. The van der Waals surface area contributed by atoms with Gasteiger partial charge in [0.25, 0.3) is 0 Å². The van der Waals surface area contributed by atoms with Crippen LogP contribution in [0.15, 0.2) is 30.3 Å². The molecule has 0 spiro atoms. The summed E-state index contributed by atoms with van der Waals surface area (Å²) in [6, 6.07) is 9.79. The van der Waals surface area contributed by atoms with Crippen LogP contribution in [0.1, 0.15) is 26.3 Å². The van der Waals surface area contributed by atoms with Crippen LogP contribution < -0.4 is 5.32 Å². The van der Waals surface area contributed by atoms with Gasteiger partial charge in [-0.2, -0.15) is 0 Å². The zero-order valence-corrected chi connectivity index (χ0v) is 10.7. The highest BCUT2D eigenvalue weighted by Gasteiger charge is 2.28. The highest BCUT2D eigenvalue weighted by atomic mass is 35.5. The van der Waals surface area contributed by atoms with Crippen molar-refractivity contribution >= 4 is 17.5 Å². The number of hydrogen-bond acceptors (Lipinski definition) is 1. The van der Waals surface area contributed by atoms with Crippen molar-refractivity contribution in [2.75, 3.05) is 5.88 Å². The molecule has 0 aromatic heterocycles. The van der Waals surface area contributed by atoms with Crippen molar-refractivity contribution in [2.24, 2.45) is 5.92 Å². The van der Waals surface area contributed by atoms with Crippen molar-refractivity contribution in [2.45, 2.75) is 26.3 Å². The topological polar surface area (TPSA) is 29.1 Å². The van der Waals surface area contributed by atoms with Crippen LogP contribution >= 0.6 is 11.6 Å². The van der Waals surface area contributed by atoms with E-state index in [-0.39, 0.29) is 11.8 Å². The van der Waals surface area contributed by atoms with Gasteiger partial charge in [0, 0.05) is 11.8 Å². The molecule has 0 saturated heterocycles. The maximum atomic E-state index is 11.7. The second kappa shape index (κ2) is 5.35. The minimum absolute atomic E-state index is 0.0204. The first-order chi connectivity index (χ1) is 7.49. The summed E-state index contributed by atoms with van der Waals surface area (Å²) in [5.74, 6) is 0.341. The fourth-order valence-electron chi connectivity index (χ4n) is 1.40. The molecule has 1 aromatic rings. The van der Waals surface area contributed by atoms with Crippen molar-refractivity contribution in [1.29, 1.82) is 0 Å². The van der Waals surface area contributed by atoms with Crippen LogP contribution in [-0.4, -0.2) is 11.8 Å². The molecule has 1 N–H and O–H groups in total. The quantitative estimate of drug-likeness (QED) is 0.805. The summed E-state index contributed by atoms with van der Waals surface area (Å²) in [4.78, 5) is 11.7.